The van der Waals surface area contributed by atoms with Gasteiger partial charge in [0.15, 0.2) is 17.5 Å². The van der Waals surface area contributed by atoms with Gasteiger partial charge in [0.05, 0.1) is 5.41 Å². The Hall–Kier alpha value is -7.50. The molecular formula is C51H32N4O. The largest absolute Gasteiger partial charge is 0.457 e. The maximum absolute atomic E-state index is 7.02. The molecule has 0 fully saturated rings. The summed E-state index contributed by atoms with van der Waals surface area (Å²) in [6.45, 7) is 0. The first-order valence-electron chi connectivity index (χ1n) is 18.8. The van der Waals surface area contributed by atoms with Crippen molar-refractivity contribution in [3.63, 3.8) is 0 Å². The van der Waals surface area contributed by atoms with E-state index >= 15 is 0 Å². The summed E-state index contributed by atoms with van der Waals surface area (Å²) in [5.74, 6) is 3.37. The number of ether oxygens (including phenoxy) is 1. The Bertz CT molecular complexity index is 2880. The quantitative estimate of drug-likeness (QED) is 0.177. The van der Waals surface area contributed by atoms with Crippen LogP contribution in [0.15, 0.2) is 194 Å². The molecule has 0 bridgehead atoms. The van der Waals surface area contributed by atoms with Crippen molar-refractivity contribution >= 4 is 0 Å². The van der Waals surface area contributed by atoms with Crippen LogP contribution < -0.4 is 4.74 Å². The number of pyridine rings is 1. The van der Waals surface area contributed by atoms with Gasteiger partial charge < -0.3 is 4.74 Å². The van der Waals surface area contributed by atoms with Gasteiger partial charge >= 0.3 is 0 Å². The predicted molar refractivity (Wildman–Crippen MR) is 222 cm³/mol. The molecule has 0 unspecified atom stereocenters. The van der Waals surface area contributed by atoms with Crippen molar-refractivity contribution in [2.24, 2.45) is 0 Å². The van der Waals surface area contributed by atoms with Gasteiger partial charge in [0.1, 0.15) is 11.5 Å². The third-order valence-electron chi connectivity index (χ3n) is 11.1. The molecule has 5 nitrogen and oxygen atoms in total. The molecule has 0 atom stereocenters. The third kappa shape index (κ3) is 5.02. The zero-order valence-electron chi connectivity index (χ0n) is 30.2. The van der Waals surface area contributed by atoms with E-state index in [1.807, 2.05) is 60.9 Å². The summed E-state index contributed by atoms with van der Waals surface area (Å²) < 4.78 is 7.02. The molecule has 7 aromatic carbocycles. The molecule has 0 amide bonds. The zero-order valence-corrected chi connectivity index (χ0v) is 30.2. The highest BCUT2D eigenvalue weighted by Gasteiger charge is 2.51. The molecule has 0 N–H and O–H groups in total. The van der Waals surface area contributed by atoms with Crippen molar-refractivity contribution in [1.82, 2.24) is 19.9 Å². The van der Waals surface area contributed by atoms with E-state index in [-0.39, 0.29) is 0 Å². The molecule has 0 saturated carbocycles. The molecule has 1 aliphatic carbocycles. The Morgan fingerprint density at radius 3 is 1.34 bits per heavy atom. The van der Waals surface area contributed by atoms with Crippen LogP contribution in [0.25, 0.3) is 67.5 Å². The molecule has 9 aromatic rings. The summed E-state index contributed by atoms with van der Waals surface area (Å²) in [7, 11) is 0. The molecule has 2 aliphatic rings. The Kier molecular flexibility index (Phi) is 7.32. The van der Waals surface area contributed by atoms with Crippen molar-refractivity contribution < 1.29 is 4.74 Å². The molecule has 1 aliphatic heterocycles. The summed E-state index contributed by atoms with van der Waals surface area (Å²) in [6, 6.07) is 63.6. The first-order valence-corrected chi connectivity index (χ1v) is 18.8. The summed E-state index contributed by atoms with van der Waals surface area (Å²) in [4.78, 5) is 19.5. The summed E-state index contributed by atoms with van der Waals surface area (Å²) in [5, 5.41) is 0. The third-order valence-corrected chi connectivity index (χ3v) is 11.1. The first-order chi connectivity index (χ1) is 27.7. The molecule has 1 spiro atoms. The van der Waals surface area contributed by atoms with Crippen LogP contribution in [0.1, 0.15) is 22.3 Å². The fourth-order valence-electron chi connectivity index (χ4n) is 8.57. The maximum atomic E-state index is 7.02. The maximum Gasteiger partial charge on any atom is 0.164 e. The van der Waals surface area contributed by atoms with E-state index in [2.05, 4.69) is 138 Å². The zero-order chi connectivity index (χ0) is 37.1. The SMILES string of the molecule is c1ccc(-c2ccc(-c3nc(-c4ccccc4)nc(-c4ccc5c(c4)Oc4cc(-c6ccncc6)ccc4C54c5ccccc5-c5ccccc54)n3)cc2)cc1. The summed E-state index contributed by atoms with van der Waals surface area (Å²) >= 11 is 0. The van der Waals surface area contributed by atoms with E-state index < -0.39 is 5.41 Å². The highest BCUT2D eigenvalue weighted by molar-refractivity contribution is 5.89. The van der Waals surface area contributed by atoms with Crippen LogP contribution in [0.2, 0.25) is 0 Å². The van der Waals surface area contributed by atoms with Gasteiger partial charge in [-0.2, -0.15) is 0 Å². The van der Waals surface area contributed by atoms with Gasteiger partial charge in [0.2, 0.25) is 0 Å². The molecule has 56 heavy (non-hydrogen) atoms. The van der Waals surface area contributed by atoms with Gasteiger partial charge in [0.25, 0.3) is 0 Å². The van der Waals surface area contributed by atoms with Crippen molar-refractivity contribution in [1.29, 1.82) is 0 Å². The average molecular weight is 717 g/mol. The van der Waals surface area contributed by atoms with E-state index in [1.54, 1.807) is 0 Å². The molecule has 11 rings (SSSR count). The van der Waals surface area contributed by atoms with Gasteiger partial charge in [-0.15, -0.1) is 0 Å². The number of hydrogen-bond donors (Lipinski definition) is 0. The second-order valence-electron chi connectivity index (χ2n) is 14.2. The fraction of sp³-hybridized carbons (Fsp3) is 0.0196. The molecule has 0 radical (unpaired) electrons. The van der Waals surface area contributed by atoms with E-state index in [4.69, 9.17) is 19.7 Å². The number of rotatable bonds is 5. The number of nitrogens with zero attached hydrogens (tertiary/aromatic N) is 4. The lowest BCUT2D eigenvalue weighted by atomic mass is 9.66. The Morgan fingerprint density at radius 1 is 0.321 bits per heavy atom. The van der Waals surface area contributed by atoms with Crippen LogP contribution in [-0.2, 0) is 5.41 Å². The highest BCUT2D eigenvalue weighted by atomic mass is 16.5. The summed E-state index contributed by atoms with van der Waals surface area (Å²) in [5.41, 5.74) is 13.7. The number of benzene rings is 7. The molecular weight excluding hydrogens is 685 g/mol. The normalized spacial score (nSPS) is 12.9. The van der Waals surface area contributed by atoms with Crippen LogP contribution in [0.5, 0.6) is 11.5 Å². The van der Waals surface area contributed by atoms with E-state index in [0.717, 1.165) is 61.6 Å². The first kappa shape index (κ1) is 32.0. The number of aromatic nitrogens is 4. The second-order valence-corrected chi connectivity index (χ2v) is 14.2. The van der Waals surface area contributed by atoms with Crippen molar-refractivity contribution in [2.75, 3.05) is 0 Å². The van der Waals surface area contributed by atoms with Crippen molar-refractivity contribution in [2.45, 2.75) is 5.41 Å². The van der Waals surface area contributed by atoms with Gasteiger partial charge in [-0.05, 0) is 68.8 Å². The Labute approximate surface area is 324 Å². The Morgan fingerprint density at radius 2 is 0.732 bits per heavy atom. The van der Waals surface area contributed by atoms with Gasteiger partial charge in [-0.3, -0.25) is 4.98 Å². The molecule has 2 aromatic heterocycles. The molecule has 262 valence electrons. The fourth-order valence-corrected chi connectivity index (χ4v) is 8.57. The number of fused-ring (bicyclic) bond motifs is 9. The van der Waals surface area contributed by atoms with E-state index in [0.29, 0.717) is 17.5 Å². The second kappa shape index (κ2) is 12.8. The number of hydrogen-bond acceptors (Lipinski definition) is 5. The lowest BCUT2D eigenvalue weighted by Gasteiger charge is -2.39. The van der Waals surface area contributed by atoms with Crippen LogP contribution in [0.3, 0.4) is 0 Å². The van der Waals surface area contributed by atoms with Crippen molar-refractivity contribution in [3.8, 4) is 79.0 Å². The monoisotopic (exact) mass is 716 g/mol. The summed E-state index contributed by atoms with van der Waals surface area (Å²) in [6.07, 6.45) is 3.65. The smallest absolute Gasteiger partial charge is 0.164 e. The van der Waals surface area contributed by atoms with E-state index in [1.165, 1.54) is 22.3 Å². The van der Waals surface area contributed by atoms with Gasteiger partial charge in [-0.1, -0.05) is 158 Å². The van der Waals surface area contributed by atoms with E-state index in [9.17, 15) is 0 Å². The minimum atomic E-state index is -0.592. The molecule has 0 saturated heterocycles. The highest BCUT2D eigenvalue weighted by Crippen LogP contribution is 2.62. The standard InChI is InChI=1S/C51H32N4O/c1-3-11-33(12-4-1)34-19-21-37(22-20-34)49-53-48(36-13-5-2-6-14-36)54-50(55-49)39-24-26-45-47(32-39)56-46-31-38(35-27-29-52-30-28-35)23-25-44(46)51(45)42-17-9-7-15-40(42)41-16-8-10-18-43(41)51/h1-32H. The predicted octanol–water partition coefficient (Wildman–Crippen LogP) is 12.1. The topological polar surface area (TPSA) is 60.8 Å². The minimum absolute atomic E-state index is 0.574. The van der Waals surface area contributed by atoms with Crippen LogP contribution in [-0.4, -0.2) is 19.9 Å². The lowest BCUT2D eigenvalue weighted by molar-refractivity contribution is 0.437. The molecule has 3 heterocycles. The van der Waals surface area contributed by atoms with Crippen LogP contribution in [0, 0.1) is 0 Å². The van der Waals surface area contributed by atoms with Crippen LogP contribution >= 0.6 is 0 Å². The van der Waals surface area contributed by atoms with Gasteiger partial charge in [-0.25, -0.2) is 15.0 Å². The van der Waals surface area contributed by atoms with Crippen LogP contribution in [0.4, 0.5) is 0 Å². The minimum Gasteiger partial charge on any atom is -0.457 e. The average Bonchev–Trinajstić information content (AvgIpc) is 3.57. The van der Waals surface area contributed by atoms with Gasteiger partial charge in [0, 0.05) is 40.2 Å². The lowest BCUT2D eigenvalue weighted by Crippen LogP contribution is -2.32. The molecule has 5 heteroatoms. The Balaban J connectivity index is 1.10. The van der Waals surface area contributed by atoms with Crippen molar-refractivity contribution in [3.05, 3.63) is 217 Å².